The predicted molar refractivity (Wildman–Crippen MR) is 46.7 cm³/mol. The summed E-state index contributed by atoms with van der Waals surface area (Å²) in [6, 6.07) is 3.72. The summed E-state index contributed by atoms with van der Waals surface area (Å²) in [5.41, 5.74) is 0.843. The van der Waals surface area contributed by atoms with Crippen molar-refractivity contribution in [2.24, 2.45) is 0 Å². The highest BCUT2D eigenvalue weighted by Gasteiger charge is 2.07. The molecule has 0 aliphatic rings. The summed E-state index contributed by atoms with van der Waals surface area (Å²) < 4.78 is 1.86. The van der Waals surface area contributed by atoms with E-state index in [-0.39, 0.29) is 6.10 Å². The van der Waals surface area contributed by atoms with Gasteiger partial charge in [-0.15, -0.1) is 0 Å². The minimum absolute atomic E-state index is 0.380. The highest BCUT2D eigenvalue weighted by molar-refractivity contribution is 5.09. The fraction of sp³-hybridized carbons (Fsp3) is 0.556. The maximum atomic E-state index is 9.30. The Labute approximate surface area is 72.3 Å². The van der Waals surface area contributed by atoms with Crippen LogP contribution in [0.4, 0.5) is 0 Å². The minimum atomic E-state index is -0.473. The summed E-state index contributed by atoms with van der Waals surface area (Å²) in [7, 11) is 0. The second-order valence-electron chi connectivity index (χ2n) is 3.11. The Hall–Kier alpha value is -0.800. The summed E-state index contributed by atoms with van der Waals surface area (Å²) in [6.45, 7) is 3.98. The van der Waals surface area contributed by atoms with Crippen molar-refractivity contribution < 1.29 is 10.2 Å². The number of rotatable bonds is 3. The molecule has 2 N–H and O–H groups in total. The summed E-state index contributed by atoms with van der Waals surface area (Å²) >= 11 is 0. The summed E-state index contributed by atoms with van der Waals surface area (Å²) in [5.74, 6) is 0. The lowest BCUT2D eigenvalue weighted by Gasteiger charge is -2.12. The largest absolute Gasteiger partial charge is 0.392 e. The molecular formula is C9H15NO2. The highest BCUT2D eigenvalue weighted by atomic mass is 16.3. The summed E-state index contributed by atoms with van der Waals surface area (Å²) in [6.07, 6.45) is 1.00. The van der Waals surface area contributed by atoms with Crippen LogP contribution in [0.2, 0.25) is 0 Å². The molecule has 1 aromatic rings. The Kier molecular flexibility index (Phi) is 2.89. The minimum Gasteiger partial charge on any atom is -0.392 e. The van der Waals surface area contributed by atoms with Crippen molar-refractivity contribution in [2.75, 3.05) is 0 Å². The first-order chi connectivity index (χ1) is 5.61. The first-order valence-electron chi connectivity index (χ1n) is 4.12. The van der Waals surface area contributed by atoms with E-state index in [4.69, 9.17) is 5.11 Å². The smallest absolute Gasteiger partial charge is 0.0911 e. The Balaban J connectivity index is 2.77. The van der Waals surface area contributed by atoms with Gasteiger partial charge < -0.3 is 14.8 Å². The zero-order chi connectivity index (χ0) is 9.14. The lowest BCUT2D eigenvalue weighted by atomic mass is 10.3. The molecular weight excluding hydrogens is 154 g/mol. The van der Waals surface area contributed by atoms with Gasteiger partial charge in [-0.3, -0.25) is 0 Å². The molecule has 0 radical (unpaired) electrons. The van der Waals surface area contributed by atoms with Crippen molar-refractivity contribution in [2.45, 2.75) is 32.6 Å². The lowest BCUT2D eigenvalue weighted by molar-refractivity contribution is 0.157. The second-order valence-corrected chi connectivity index (χ2v) is 3.11. The Morgan fingerprint density at radius 3 is 2.58 bits per heavy atom. The van der Waals surface area contributed by atoms with Gasteiger partial charge in [0.1, 0.15) is 0 Å². The number of aromatic nitrogens is 1. The maximum absolute atomic E-state index is 9.30. The van der Waals surface area contributed by atoms with Crippen molar-refractivity contribution in [3.63, 3.8) is 0 Å². The van der Waals surface area contributed by atoms with Crippen LogP contribution in [0, 0.1) is 0 Å². The van der Waals surface area contributed by atoms with Gasteiger partial charge in [-0.25, -0.2) is 0 Å². The van der Waals surface area contributed by atoms with E-state index in [1.807, 2.05) is 22.9 Å². The van der Waals surface area contributed by atoms with Crippen molar-refractivity contribution in [3.8, 4) is 0 Å². The second kappa shape index (κ2) is 3.74. The van der Waals surface area contributed by atoms with Crippen LogP contribution in [-0.4, -0.2) is 20.9 Å². The SMILES string of the molecule is CC(O)Cn1cccc1C(C)O. The molecule has 0 amide bonds. The monoisotopic (exact) mass is 169 g/mol. The van der Waals surface area contributed by atoms with Crippen LogP contribution in [-0.2, 0) is 6.54 Å². The van der Waals surface area contributed by atoms with Gasteiger partial charge in [0.15, 0.2) is 0 Å². The molecule has 0 aromatic carbocycles. The fourth-order valence-corrected chi connectivity index (χ4v) is 1.26. The molecule has 1 aromatic heterocycles. The Morgan fingerprint density at radius 1 is 1.42 bits per heavy atom. The Bertz CT molecular complexity index is 240. The molecule has 0 saturated carbocycles. The number of nitrogens with zero attached hydrogens (tertiary/aromatic N) is 1. The molecule has 2 atom stereocenters. The molecule has 0 aliphatic carbocycles. The molecule has 1 heterocycles. The first-order valence-corrected chi connectivity index (χ1v) is 4.12. The van der Waals surface area contributed by atoms with Gasteiger partial charge in [0.05, 0.1) is 12.2 Å². The van der Waals surface area contributed by atoms with Gasteiger partial charge in [0.25, 0.3) is 0 Å². The Morgan fingerprint density at radius 2 is 2.08 bits per heavy atom. The summed E-state index contributed by atoms with van der Waals surface area (Å²) in [4.78, 5) is 0. The van der Waals surface area contributed by atoms with Crippen LogP contribution in [0.15, 0.2) is 18.3 Å². The zero-order valence-corrected chi connectivity index (χ0v) is 7.44. The third-order valence-corrected chi connectivity index (χ3v) is 1.75. The average molecular weight is 169 g/mol. The van der Waals surface area contributed by atoms with Gasteiger partial charge >= 0.3 is 0 Å². The zero-order valence-electron chi connectivity index (χ0n) is 7.44. The number of hydrogen-bond acceptors (Lipinski definition) is 2. The molecule has 68 valence electrons. The van der Waals surface area contributed by atoms with Crippen molar-refractivity contribution in [3.05, 3.63) is 24.0 Å². The number of aliphatic hydroxyl groups is 2. The molecule has 3 nitrogen and oxygen atoms in total. The molecule has 3 heteroatoms. The van der Waals surface area contributed by atoms with Gasteiger partial charge in [-0.2, -0.15) is 0 Å². The van der Waals surface area contributed by atoms with E-state index in [2.05, 4.69) is 0 Å². The third-order valence-electron chi connectivity index (χ3n) is 1.75. The quantitative estimate of drug-likeness (QED) is 0.706. The fourth-order valence-electron chi connectivity index (χ4n) is 1.26. The molecule has 2 unspecified atom stereocenters. The summed E-state index contributed by atoms with van der Waals surface area (Å²) in [5, 5.41) is 18.4. The molecule has 0 spiro atoms. The van der Waals surface area contributed by atoms with Crippen LogP contribution in [0.1, 0.15) is 25.6 Å². The van der Waals surface area contributed by atoms with Crippen LogP contribution in [0.25, 0.3) is 0 Å². The van der Waals surface area contributed by atoms with E-state index < -0.39 is 6.10 Å². The van der Waals surface area contributed by atoms with Crippen LogP contribution < -0.4 is 0 Å². The average Bonchev–Trinajstić information content (AvgIpc) is 2.33. The number of aliphatic hydroxyl groups excluding tert-OH is 2. The molecule has 0 bridgehead atoms. The van der Waals surface area contributed by atoms with E-state index >= 15 is 0 Å². The number of hydrogen-bond donors (Lipinski definition) is 2. The molecule has 12 heavy (non-hydrogen) atoms. The van der Waals surface area contributed by atoms with Crippen molar-refractivity contribution >= 4 is 0 Å². The topological polar surface area (TPSA) is 45.4 Å². The van der Waals surface area contributed by atoms with Gasteiger partial charge in [-0.1, -0.05) is 0 Å². The van der Waals surface area contributed by atoms with E-state index in [0.717, 1.165) is 5.69 Å². The first kappa shape index (κ1) is 9.29. The van der Waals surface area contributed by atoms with Gasteiger partial charge in [0.2, 0.25) is 0 Å². The van der Waals surface area contributed by atoms with Crippen LogP contribution >= 0.6 is 0 Å². The molecule has 1 rings (SSSR count). The van der Waals surface area contributed by atoms with Crippen LogP contribution in [0.3, 0.4) is 0 Å². The third kappa shape index (κ3) is 2.09. The van der Waals surface area contributed by atoms with Gasteiger partial charge in [-0.05, 0) is 26.0 Å². The molecule has 0 aliphatic heterocycles. The highest BCUT2D eigenvalue weighted by Crippen LogP contribution is 2.12. The molecule has 0 saturated heterocycles. The van der Waals surface area contributed by atoms with Gasteiger partial charge in [0, 0.05) is 18.4 Å². The van der Waals surface area contributed by atoms with Crippen molar-refractivity contribution in [1.29, 1.82) is 0 Å². The maximum Gasteiger partial charge on any atom is 0.0911 e. The normalized spacial score (nSPS) is 16.0. The van der Waals surface area contributed by atoms with Crippen LogP contribution in [0.5, 0.6) is 0 Å². The van der Waals surface area contributed by atoms with E-state index in [0.29, 0.717) is 6.54 Å². The van der Waals surface area contributed by atoms with Crippen molar-refractivity contribution in [1.82, 2.24) is 4.57 Å². The van der Waals surface area contributed by atoms with E-state index in [9.17, 15) is 5.11 Å². The lowest BCUT2D eigenvalue weighted by Crippen LogP contribution is -2.14. The van der Waals surface area contributed by atoms with E-state index in [1.54, 1.807) is 13.8 Å². The standard InChI is InChI=1S/C9H15NO2/c1-7(11)6-10-5-3-4-9(10)8(2)12/h3-5,7-8,11-12H,6H2,1-2H3. The van der Waals surface area contributed by atoms with E-state index in [1.165, 1.54) is 0 Å². The molecule has 0 fully saturated rings. The predicted octanol–water partition coefficient (Wildman–Crippen LogP) is 0.922.